The number of nitrogens with one attached hydrogen (secondary N) is 2. The van der Waals surface area contributed by atoms with Crippen LogP contribution in [0.25, 0.3) is 0 Å². The summed E-state index contributed by atoms with van der Waals surface area (Å²) in [7, 11) is 0. The smallest absolute Gasteiger partial charge is 0.258 e. The molecule has 1 atom stereocenters. The van der Waals surface area contributed by atoms with Crippen molar-refractivity contribution in [3.63, 3.8) is 0 Å². The van der Waals surface area contributed by atoms with E-state index in [1.807, 2.05) is 31.2 Å². The first kappa shape index (κ1) is 20.1. The van der Waals surface area contributed by atoms with E-state index in [0.717, 1.165) is 5.56 Å². The van der Waals surface area contributed by atoms with Crippen molar-refractivity contribution in [2.24, 2.45) is 0 Å². The van der Waals surface area contributed by atoms with Crippen LogP contribution in [0.15, 0.2) is 78.9 Å². The summed E-state index contributed by atoms with van der Waals surface area (Å²) in [5.74, 6) is -0.456. The van der Waals surface area contributed by atoms with Crippen LogP contribution in [0.2, 0.25) is 0 Å². The fourth-order valence-corrected chi connectivity index (χ4v) is 2.72. The number of hydrogen-bond acceptors (Lipinski definition) is 3. The van der Waals surface area contributed by atoms with E-state index in [1.165, 1.54) is 24.3 Å². The lowest BCUT2D eigenvalue weighted by atomic mass is 10.1. The van der Waals surface area contributed by atoms with Crippen LogP contribution < -0.4 is 15.4 Å². The van der Waals surface area contributed by atoms with E-state index in [-0.39, 0.29) is 30.3 Å². The Kier molecular flexibility index (Phi) is 6.58. The Hall–Kier alpha value is -3.67. The van der Waals surface area contributed by atoms with E-state index in [9.17, 15) is 14.0 Å². The third-order valence-electron chi connectivity index (χ3n) is 4.24. The summed E-state index contributed by atoms with van der Waals surface area (Å²) < 4.78 is 18.2. The van der Waals surface area contributed by atoms with Crippen LogP contribution in [0, 0.1) is 5.82 Å². The normalized spacial score (nSPS) is 11.4. The monoisotopic (exact) mass is 392 g/mol. The number of hydrogen-bond donors (Lipinski definition) is 2. The highest BCUT2D eigenvalue weighted by Gasteiger charge is 2.12. The Morgan fingerprint density at radius 1 is 0.966 bits per heavy atom. The van der Waals surface area contributed by atoms with Crippen molar-refractivity contribution in [3.8, 4) is 5.75 Å². The highest BCUT2D eigenvalue weighted by atomic mass is 19.1. The second-order valence-corrected chi connectivity index (χ2v) is 6.48. The van der Waals surface area contributed by atoms with Gasteiger partial charge in [0.2, 0.25) is 0 Å². The summed E-state index contributed by atoms with van der Waals surface area (Å²) in [6.07, 6.45) is 0. The van der Waals surface area contributed by atoms with Crippen molar-refractivity contribution in [1.82, 2.24) is 5.32 Å². The molecule has 148 valence electrons. The van der Waals surface area contributed by atoms with Crippen molar-refractivity contribution in [2.75, 3.05) is 11.9 Å². The second-order valence-electron chi connectivity index (χ2n) is 6.48. The Labute approximate surface area is 168 Å². The number of carbonyl (C=O) groups is 2. The van der Waals surface area contributed by atoms with Crippen LogP contribution in [-0.4, -0.2) is 18.4 Å². The van der Waals surface area contributed by atoms with Gasteiger partial charge in [0.1, 0.15) is 11.6 Å². The minimum Gasteiger partial charge on any atom is -0.484 e. The van der Waals surface area contributed by atoms with Gasteiger partial charge in [-0.2, -0.15) is 0 Å². The molecule has 2 N–H and O–H groups in total. The fraction of sp³-hybridized carbons (Fsp3) is 0.130. The molecule has 29 heavy (non-hydrogen) atoms. The molecule has 3 aromatic carbocycles. The lowest BCUT2D eigenvalue weighted by Gasteiger charge is -2.16. The van der Waals surface area contributed by atoms with Crippen LogP contribution >= 0.6 is 0 Å². The zero-order valence-electron chi connectivity index (χ0n) is 15.9. The number of benzene rings is 3. The molecule has 0 bridgehead atoms. The van der Waals surface area contributed by atoms with Crippen molar-refractivity contribution in [1.29, 1.82) is 0 Å². The highest BCUT2D eigenvalue weighted by molar-refractivity contribution is 6.04. The number of rotatable bonds is 7. The molecule has 0 aliphatic rings. The fourth-order valence-electron chi connectivity index (χ4n) is 2.72. The minimum absolute atomic E-state index is 0.180. The molecule has 0 aliphatic heterocycles. The van der Waals surface area contributed by atoms with E-state index in [4.69, 9.17) is 4.74 Å². The molecule has 0 unspecified atom stereocenters. The van der Waals surface area contributed by atoms with Gasteiger partial charge in [-0.3, -0.25) is 9.59 Å². The number of carbonyl (C=O) groups excluding carboxylic acids is 2. The van der Waals surface area contributed by atoms with Gasteiger partial charge in [-0.15, -0.1) is 0 Å². The summed E-state index contributed by atoms with van der Waals surface area (Å²) in [5, 5.41) is 5.69. The van der Waals surface area contributed by atoms with Gasteiger partial charge < -0.3 is 15.4 Å². The predicted molar refractivity (Wildman–Crippen MR) is 109 cm³/mol. The molecule has 0 fully saturated rings. The van der Waals surface area contributed by atoms with Crippen LogP contribution in [0.1, 0.15) is 28.9 Å². The van der Waals surface area contributed by atoms with Gasteiger partial charge in [-0.25, -0.2) is 4.39 Å². The molecule has 0 aromatic heterocycles. The molecule has 0 aliphatic carbocycles. The minimum atomic E-state index is -0.366. The second kappa shape index (κ2) is 9.50. The molecule has 6 heteroatoms. The van der Waals surface area contributed by atoms with Crippen LogP contribution in [0.3, 0.4) is 0 Å². The van der Waals surface area contributed by atoms with E-state index < -0.39 is 0 Å². The maximum atomic E-state index is 12.9. The number of halogens is 1. The van der Waals surface area contributed by atoms with E-state index in [1.54, 1.807) is 30.3 Å². The zero-order valence-corrected chi connectivity index (χ0v) is 15.9. The average molecular weight is 392 g/mol. The summed E-state index contributed by atoms with van der Waals surface area (Å²) in [4.78, 5) is 24.4. The van der Waals surface area contributed by atoms with Gasteiger partial charge in [-0.1, -0.05) is 30.3 Å². The maximum Gasteiger partial charge on any atom is 0.258 e. The molecule has 3 rings (SSSR count). The van der Waals surface area contributed by atoms with Crippen molar-refractivity contribution in [3.05, 3.63) is 95.8 Å². The van der Waals surface area contributed by atoms with E-state index in [2.05, 4.69) is 10.6 Å². The van der Waals surface area contributed by atoms with Crippen molar-refractivity contribution in [2.45, 2.75) is 13.0 Å². The van der Waals surface area contributed by atoms with Gasteiger partial charge in [0.15, 0.2) is 6.61 Å². The molecule has 0 saturated heterocycles. The SMILES string of the molecule is C[C@H](NC(=O)COc1ccc(F)cc1)c1cccc(NC(=O)c2ccccc2)c1. The zero-order chi connectivity index (χ0) is 20.6. The number of ether oxygens (including phenoxy) is 1. The summed E-state index contributed by atoms with van der Waals surface area (Å²) in [6.45, 7) is 1.66. The molecular formula is C23H21FN2O3. The van der Waals surface area contributed by atoms with Crippen LogP contribution in [0.5, 0.6) is 5.75 Å². The van der Waals surface area contributed by atoms with Crippen LogP contribution in [-0.2, 0) is 4.79 Å². The molecule has 0 radical (unpaired) electrons. The lowest BCUT2D eigenvalue weighted by molar-refractivity contribution is -0.123. The van der Waals surface area contributed by atoms with Gasteiger partial charge in [0.25, 0.3) is 11.8 Å². The van der Waals surface area contributed by atoms with Gasteiger partial charge >= 0.3 is 0 Å². The first-order valence-corrected chi connectivity index (χ1v) is 9.15. The van der Waals surface area contributed by atoms with Gasteiger partial charge in [0, 0.05) is 11.3 Å². The molecule has 0 saturated carbocycles. The topological polar surface area (TPSA) is 67.4 Å². The van der Waals surface area contributed by atoms with E-state index >= 15 is 0 Å². The highest BCUT2D eigenvalue weighted by Crippen LogP contribution is 2.18. The molecule has 3 aromatic rings. The molecule has 0 heterocycles. The quantitative estimate of drug-likeness (QED) is 0.629. The predicted octanol–water partition coefficient (Wildman–Crippen LogP) is 4.33. The van der Waals surface area contributed by atoms with Crippen LogP contribution in [0.4, 0.5) is 10.1 Å². The largest absolute Gasteiger partial charge is 0.484 e. The van der Waals surface area contributed by atoms with Gasteiger partial charge in [-0.05, 0) is 61.0 Å². The third-order valence-corrected chi connectivity index (χ3v) is 4.24. The van der Waals surface area contributed by atoms with Crippen molar-refractivity contribution >= 4 is 17.5 Å². The number of amides is 2. The Morgan fingerprint density at radius 3 is 2.41 bits per heavy atom. The molecule has 5 nitrogen and oxygen atoms in total. The maximum absolute atomic E-state index is 12.9. The first-order valence-electron chi connectivity index (χ1n) is 9.15. The first-order chi connectivity index (χ1) is 14.0. The lowest BCUT2D eigenvalue weighted by Crippen LogP contribution is -2.31. The summed E-state index contributed by atoms with van der Waals surface area (Å²) in [6, 6.07) is 21.4. The summed E-state index contributed by atoms with van der Waals surface area (Å²) >= 11 is 0. The Morgan fingerprint density at radius 2 is 1.69 bits per heavy atom. The number of anilines is 1. The molecule has 0 spiro atoms. The standard InChI is InChI=1S/C23H21FN2O3/c1-16(25-22(27)15-29-21-12-10-19(24)11-13-21)18-8-5-9-20(14-18)26-23(28)17-6-3-2-4-7-17/h2-14,16H,15H2,1H3,(H,25,27)(H,26,28)/t16-/m0/s1. The molecule has 2 amide bonds. The average Bonchev–Trinajstić information content (AvgIpc) is 2.74. The van der Waals surface area contributed by atoms with E-state index in [0.29, 0.717) is 17.0 Å². The Bertz CT molecular complexity index is 975. The Balaban J connectivity index is 1.55. The molecular weight excluding hydrogens is 371 g/mol. The van der Waals surface area contributed by atoms with Crippen molar-refractivity contribution < 1.29 is 18.7 Å². The summed E-state index contributed by atoms with van der Waals surface area (Å²) in [5.41, 5.74) is 2.04. The van der Waals surface area contributed by atoms with Gasteiger partial charge in [0.05, 0.1) is 6.04 Å². The third kappa shape index (κ3) is 5.90.